The molecule has 1 aliphatic rings. The second-order valence-corrected chi connectivity index (χ2v) is 6.75. The van der Waals surface area contributed by atoms with Gasteiger partial charge in [-0.2, -0.15) is 0 Å². The van der Waals surface area contributed by atoms with Gasteiger partial charge in [0.25, 0.3) is 5.91 Å². The average molecular weight is 390 g/mol. The fraction of sp³-hybridized carbons (Fsp3) is 0.130. The van der Waals surface area contributed by atoms with E-state index < -0.39 is 11.9 Å². The molecule has 1 N–H and O–H groups in total. The summed E-state index contributed by atoms with van der Waals surface area (Å²) >= 11 is 0. The molecule has 6 heteroatoms. The van der Waals surface area contributed by atoms with Crippen LogP contribution in [0.2, 0.25) is 0 Å². The van der Waals surface area contributed by atoms with E-state index in [0.29, 0.717) is 22.6 Å². The predicted octanol–water partition coefficient (Wildman–Crippen LogP) is 4.02. The SMILES string of the molecule is COc1ccc(C(=O)N2CC(=O)Nc3ccc(F)cc3[C@H]2c2ccccc2)cc1. The van der Waals surface area contributed by atoms with Crippen LogP contribution in [0.4, 0.5) is 10.1 Å². The van der Waals surface area contributed by atoms with Gasteiger partial charge in [0.15, 0.2) is 0 Å². The number of ether oxygens (including phenoxy) is 1. The van der Waals surface area contributed by atoms with Crippen LogP contribution in [0.5, 0.6) is 5.75 Å². The van der Waals surface area contributed by atoms with Crippen LogP contribution >= 0.6 is 0 Å². The Kier molecular flexibility index (Phi) is 4.99. The van der Waals surface area contributed by atoms with Gasteiger partial charge in [-0.15, -0.1) is 0 Å². The summed E-state index contributed by atoms with van der Waals surface area (Å²) in [7, 11) is 1.55. The van der Waals surface area contributed by atoms with Gasteiger partial charge in [-0.25, -0.2) is 4.39 Å². The van der Waals surface area contributed by atoms with Crippen molar-refractivity contribution < 1.29 is 18.7 Å². The van der Waals surface area contributed by atoms with Crippen LogP contribution in [0.15, 0.2) is 72.8 Å². The minimum atomic E-state index is -0.615. The Bertz CT molecular complexity index is 1050. The smallest absolute Gasteiger partial charge is 0.255 e. The first-order valence-electron chi connectivity index (χ1n) is 9.16. The van der Waals surface area contributed by atoms with Crippen molar-refractivity contribution >= 4 is 17.5 Å². The number of carbonyl (C=O) groups excluding carboxylic acids is 2. The standard InChI is InChI=1S/C23H19FN2O3/c1-29-18-10-7-16(8-11-18)23(28)26-14-21(27)25-20-12-9-17(24)13-19(20)22(26)15-5-3-2-4-6-15/h2-13,22H,14H2,1H3,(H,25,27)/t22-/m1/s1. The number of anilines is 1. The summed E-state index contributed by atoms with van der Waals surface area (Å²) in [4.78, 5) is 27.4. The van der Waals surface area contributed by atoms with E-state index in [-0.39, 0.29) is 18.4 Å². The highest BCUT2D eigenvalue weighted by molar-refractivity contribution is 6.01. The van der Waals surface area contributed by atoms with E-state index in [1.54, 1.807) is 31.4 Å². The number of hydrogen-bond acceptors (Lipinski definition) is 3. The molecule has 4 rings (SSSR count). The van der Waals surface area contributed by atoms with Crippen molar-refractivity contribution in [1.29, 1.82) is 0 Å². The van der Waals surface area contributed by atoms with Crippen LogP contribution in [0.1, 0.15) is 27.5 Å². The van der Waals surface area contributed by atoms with Crippen LogP contribution in [0.25, 0.3) is 0 Å². The third-order valence-corrected chi connectivity index (χ3v) is 4.92. The lowest BCUT2D eigenvalue weighted by Gasteiger charge is -2.30. The molecule has 1 atom stereocenters. The molecule has 0 radical (unpaired) electrons. The largest absolute Gasteiger partial charge is 0.497 e. The fourth-order valence-corrected chi connectivity index (χ4v) is 3.56. The molecule has 0 unspecified atom stereocenters. The van der Waals surface area contributed by atoms with Crippen molar-refractivity contribution in [3.63, 3.8) is 0 Å². The second kappa shape index (κ2) is 7.75. The Morgan fingerprint density at radius 1 is 1.07 bits per heavy atom. The van der Waals surface area contributed by atoms with Crippen molar-refractivity contribution in [3.05, 3.63) is 95.3 Å². The van der Waals surface area contributed by atoms with Gasteiger partial charge in [0.2, 0.25) is 5.91 Å². The summed E-state index contributed by atoms with van der Waals surface area (Å²) in [6.07, 6.45) is 0. The number of carbonyl (C=O) groups is 2. The number of rotatable bonds is 3. The van der Waals surface area contributed by atoms with E-state index in [1.165, 1.54) is 23.1 Å². The molecule has 1 aliphatic heterocycles. The summed E-state index contributed by atoms with van der Waals surface area (Å²) in [6.45, 7) is -0.152. The lowest BCUT2D eigenvalue weighted by atomic mass is 9.95. The Morgan fingerprint density at radius 2 is 1.79 bits per heavy atom. The molecule has 2 amide bonds. The first-order chi connectivity index (χ1) is 14.1. The first-order valence-corrected chi connectivity index (χ1v) is 9.16. The number of halogens is 1. The summed E-state index contributed by atoms with van der Waals surface area (Å²) in [5, 5.41) is 2.78. The van der Waals surface area contributed by atoms with E-state index >= 15 is 0 Å². The monoisotopic (exact) mass is 390 g/mol. The van der Waals surface area contributed by atoms with Gasteiger partial charge in [0, 0.05) is 16.8 Å². The fourth-order valence-electron chi connectivity index (χ4n) is 3.56. The number of benzene rings is 3. The Balaban J connectivity index is 1.85. The van der Waals surface area contributed by atoms with Gasteiger partial charge in [0.05, 0.1) is 13.2 Å². The first kappa shape index (κ1) is 18.7. The van der Waals surface area contributed by atoms with E-state index in [0.717, 1.165) is 5.56 Å². The Hall–Kier alpha value is -3.67. The third kappa shape index (κ3) is 3.69. The molecule has 0 saturated carbocycles. The number of amides is 2. The number of nitrogens with zero attached hydrogens (tertiary/aromatic N) is 1. The molecule has 0 bridgehead atoms. The van der Waals surface area contributed by atoms with Gasteiger partial charge in [-0.05, 0) is 48.0 Å². The molecule has 0 aliphatic carbocycles. The van der Waals surface area contributed by atoms with Crippen molar-refractivity contribution in [1.82, 2.24) is 4.90 Å². The molecular weight excluding hydrogens is 371 g/mol. The third-order valence-electron chi connectivity index (χ3n) is 4.92. The maximum Gasteiger partial charge on any atom is 0.255 e. The van der Waals surface area contributed by atoms with E-state index in [1.807, 2.05) is 30.3 Å². The maximum atomic E-state index is 14.1. The van der Waals surface area contributed by atoms with Crippen LogP contribution < -0.4 is 10.1 Å². The van der Waals surface area contributed by atoms with Crippen molar-refractivity contribution in [2.45, 2.75) is 6.04 Å². The summed E-state index contributed by atoms with van der Waals surface area (Å²) in [6, 6.07) is 19.6. The molecule has 146 valence electrons. The van der Waals surface area contributed by atoms with Crippen LogP contribution in [0.3, 0.4) is 0 Å². The van der Waals surface area contributed by atoms with Crippen molar-refractivity contribution in [2.75, 3.05) is 19.0 Å². The summed E-state index contributed by atoms with van der Waals surface area (Å²) < 4.78 is 19.3. The molecule has 0 spiro atoms. The van der Waals surface area contributed by atoms with Gasteiger partial charge >= 0.3 is 0 Å². The quantitative estimate of drug-likeness (QED) is 0.735. The van der Waals surface area contributed by atoms with Crippen molar-refractivity contribution in [2.24, 2.45) is 0 Å². The zero-order valence-electron chi connectivity index (χ0n) is 15.8. The van der Waals surface area contributed by atoms with Crippen LogP contribution in [0, 0.1) is 5.82 Å². The molecule has 0 aromatic heterocycles. The lowest BCUT2D eigenvalue weighted by molar-refractivity contribution is -0.117. The van der Waals surface area contributed by atoms with Crippen LogP contribution in [-0.2, 0) is 4.79 Å². The number of methoxy groups -OCH3 is 1. The van der Waals surface area contributed by atoms with Gasteiger partial charge < -0.3 is 15.0 Å². The Labute approximate surface area is 167 Å². The minimum Gasteiger partial charge on any atom is -0.497 e. The molecule has 3 aromatic rings. The highest BCUT2D eigenvalue weighted by Gasteiger charge is 2.34. The van der Waals surface area contributed by atoms with E-state index in [4.69, 9.17) is 4.74 Å². The molecule has 1 heterocycles. The maximum absolute atomic E-state index is 14.1. The van der Waals surface area contributed by atoms with Crippen LogP contribution in [-0.4, -0.2) is 30.4 Å². The summed E-state index contributed by atoms with van der Waals surface area (Å²) in [5.74, 6) is -0.466. The topological polar surface area (TPSA) is 58.6 Å². The predicted molar refractivity (Wildman–Crippen MR) is 107 cm³/mol. The molecule has 5 nitrogen and oxygen atoms in total. The Morgan fingerprint density at radius 3 is 2.48 bits per heavy atom. The van der Waals surface area contributed by atoms with Crippen molar-refractivity contribution in [3.8, 4) is 5.75 Å². The molecular formula is C23H19FN2O3. The molecule has 29 heavy (non-hydrogen) atoms. The molecule has 0 saturated heterocycles. The summed E-state index contributed by atoms with van der Waals surface area (Å²) in [5.41, 5.74) is 2.23. The number of fused-ring (bicyclic) bond motifs is 1. The van der Waals surface area contributed by atoms with Gasteiger partial charge in [-0.1, -0.05) is 30.3 Å². The molecule has 3 aromatic carbocycles. The van der Waals surface area contributed by atoms with Gasteiger partial charge in [-0.3, -0.25) is 9.59 Å². The molecule has 0 fully saturated rings. The zero-order chi connectivity index (χ0) is 20.4. The van der Waals surface area contributed by atoms with Gasteiger partial charge in [0.1, 0.15) is 18.1 Å². The number of hydrogen-bond donors (Lipinski definition) is 1. The number of nitrogens with one attached hydrogen (secondary N) is 1. The van der Waals surface area contributed by atoms with E-state index in [2.05, 4.69) is 5.32 Å². The normalized spacial score (nSPS) is 15.9. The lowest BCUT2D eigenvalue weighted by Crippen LogP contribution is -2.39. The highest BCUT2D eigenvalue weighted by Crippen LogP contribution is 2.37. The van der Waals surface area contributed by atoms with E-state index in [9.17, 15) is 14.0 Å². The highest BCUT2D eigenvalue weighted by atomic mass is 19.1. The second-order valence-electron chi connectivity index (χ2n) is 6.75. The zero-order valence-corrected chi connectivity index (χ0v) is 15.8. The minimum absolute atomic E-state index is 0.152. The average Bonchev–Trinajstić information content (AvgIpc) is 2.89.